The number of hydrogen-bond acceptors (Lipinski definition) is 2. The van der Waals surface area contributed by atoms with Crippen molar-refractivity contribution >= 4 is 37.7 Å². The van der Waals surface area contributed by atoms with E-state index in [0.717, 1.165) is 85.1 Å². The molecule has 73 heavy (non-hydrogen) atoms. The minimum atomic E-state index is 0.810. The van der Waals surface area contributed by atoms with Gasteiger partial charge < -0.3 is 0 Å². The molecule has 0 N–H and O–H groups in total. The molecule has 0 aliphatic rings. The summed E-state index contributed by atoms with van der Waals surface area (Å²) in [5, 5.41) is 0. The molecular weight excluding hydrogens is 955 g/mol. The Morgan fingerprint density at radius 1 is 0.274 bits per heavy atom. The maximum atomic E-state index is 4.41. The third-order valence-corrected chi connectivity index (χ3v) is 15.6. The molecule has 0 heterocycles. The third-order valence-electron chi connectivity index (χ3n) is 12.9. The molecule has 0 saturated heterocycles. The molecule has 0 aliphatic carbocycles. The Balaban J connectivity index is -0.000000111. The lowest BCUT2D eigenvalue weighted by Crippen LogP contribution is -1.93. The predicted molar refractivity (Wildman–Crippen MR) is 361 cm³/mol. The zero-order chi connectivity index (χ0) is 58.6. The Bertz CT molecular complexity index is 920. The van der Waals surface area contributed by atoms with Gasteiger partial charge in [0.2, 0.25) is 0 Å². The van der Waals surface area contributed by atoms with E-state index in [0.29, 0.717) is 0 Å². The van der Waals surface area contributed by atoms with Crippen LogP contribution in [0.3, 0.4) is 0 Å². The summed E-state index contributed by atoms with van der Waals surface area (Å²) in [6, 6.07) is 0. The zero-order valence-corrected chi connectivity index (χ0v) is 59.9. The van der Waals surface area contributed by atoms with Gasteiger partial charge in [-0.25, -0.2) is 0 Å². The Labute approximate surface area is 483 Å². The van der Waals surface area contributed by atoms with Crippen molar-refractivity contribution in [3.05, 3.63) is 23.3 Å². The number of hydrogen-bond donors (Lipinski definition) is 0. The first-order valence-corrected chi connectivity index (χ1v) is 36.3. The maximum absolute atomic E-state index is 4.41. The number of allylic oxidation sites excluding steroid dienone is 4. The minimum Gasteiger partial charge on any atom is -0.0856 e. The van der Waals surface area contributed by atoms with Gasteiger partial charge in [0.1, 0.15) is 0 Å². The van der Waals surface area contributed by atoms with Crippen LogP contribution in [0.4, 0.5) is 0 Å². The van der Waals surface area contributed by atoms with Crippen LogP contribution in [0.5, 0.6) is 0 Å². The van der Waals surface area contributed by atoms with Gasteiger partial charge in [-0.05, 0) is 135 Å². The van der Waals surface area contributed by atoms with Gasteiger partial charge in [0.25, 0.3) is 0 Å². The van der Waals surface area contributed by atoms with E-state index in [2.05, 4.69) is 230 Å². The maximum Gasteiger partial charge on any atom is 0.0464 e. The van der Waals surface area contributed by atoms with Gasteiger partial charge in [0, 0.05) is 14.1 Å². The van der Waals surface area contributed by atoms with Crippen LogP contribution < -0.4 is 0 Å². The van der Waals surface area contributed by atoms with Crippen molar-refractivity contribution < 1.29 is 0 Å². The summed E-state index contributed by atoms with van der Waals surface area (Å²) in [6.07, 6.45) is 39.6. The predicted octanol–water partition coefficient (Wildman–Crippen LogP) is 28.2. The molecule has 0 aromatic carbocycles. The first kappa shape index (κ1) is 90.1. The minimum absolute atomic E-state index is 0.810. The Hall–Kier alpha value is 0.520. The normalized spacial score (nSPS) is 12.0. The largest absolute Gasteiger partial charge is 0.0856 e. The van der Waals surface area contributed by atoms with E-state index in [-0.39, 0.29) is 0 Å². The molecule has 446 valence electrons. The molecule has 0 nitrogen and oxygen atoms in total. The van der Waals surface area contributed by atoms with Crippen molar-refractivity contribution in [2.75, 3.05) is 0 Å². The van der Waals surface area contributed by atoms with Gasteiger partial charge in [0.15, 0.2) is 0 Å². The zero-order valence-electron chi connectivity index (χ0n) is 56.5. The summed E-state index contributed by atoms with van der Waals surface area (Å²) in [6.45, 7) is 63.7. The molecule has 0 fully saturated rings. The molecule has 0 aromatic rings. The van der Waals surface area contributed by atoms with Crippen LogP contribution in [-0.4, -0.2) is 0 Å². The molecule has 0 rings (SSSR count). The highest BCUT2D eigenvalue weighted by Crippen LogP contribution is 2.18. The molecule has 0 bridgehead atoms. The second kappa shape index (κ2) is 72.5. The summed E-state index contributed by atoms with van der Waals surface area (Å²) in [5.41, 5.74) is 2.86. The summed E-state index contributed by atoms with van der Waals surface area (Å²) >= 11 is 8.82. The van der Waals surface area contributed by atoms with Gasteiger partial charge >= 0.3 is 0 Å². The SMILES string of the molecule is CC(C)=CCC(C)C.CC(C)=CCC(C)C.CC(C)CCCCC(C)C.CC(C)CCCCC(C)C.CCC(C)CCCCC(C)C.CCC(C)CCCCC(C)C.CCC(C)CCCCC(C)C.S=PP=S. The third kappa shape index (κ3) is 131. The first-order chi connectivity index (χ1) is 33.9. The Morgan fingerprint density at radius 2 is 0.425 bits per heavy atom. The van der Waals surface area contributed by atoms with Crippen LogP contribution in [0.2, 0.25) is 0 Å². The monoisotopic (exact) mass is 1100 g/mol. The van der Waals surface area contributed by atoms with Crippen LogP contribution >= 0.6 is 14.1 Å². The van der Waals surface area contributed by atoms with Crippen LogP contribution in [-0.2, 0) is 23.6 Å². The highest BCUT2D eigenvalue weighted by molar-refractivity contribution is 8.40. The van der Waals surface area contributed by atoms with Crippen molar-refractivity contribution in [2.45, 2.75) is 354 Å². The first-order valence-electron chi connectivity index (χ1n) is 31.8. The van der Waals surface area contributed by atoms with E-state index in [1.54, 1.807) is 0 Å². The highest BCUT2D eigenvalue weighted by Gasteiger charge is 2.02. The average molecular weight is 1100 g/mol. The molecule has 3 atom stereocenters. The van der Waals surface area contributed by atoms with E-state index in [9.17, 15) is 0 Å². The van der Waals surface area contributed by atoms with Crippen molar-refractivity contribution in [3.63, 3.8) is 0 Å². The lowest BCUT2D eigenvalue weighted by molar-refractivity contribution is 0.454. The van der Waals surface area contributed by atoms with Crippen LogP contribution in [0.25, 0.3) is 0 Å². The average Bonchev–Trinajstić information content (AvgIpc) is 3.30. The second-order valence-corrected chi connectivity index (χ2v) is 31.0. The summed E-state index contributed by atoms with van der Waals surface area (Å²) in [5.74, 6) is 10.7. The quantitative estimate of drug-likeness (QED) is 0.0365. The van der Waals surface area contributed by atoms with Crippen LogP contribution in [0, 0.1) is 71.0 Å². The molecule has 0 aromatic heterocycles. The van der Waals surface area contributed by atoms with Gasteiger partial charge in [-0.15, -0.1) is 0 Å². The van der Waals surface area contributed by atoms with Crippen LogP contribution in [0.15, 0.2) is 23.3 Å². The van der Waals surface area contributed by atoms with Gasteiger partial charge in [-0.2, -0.15) is 0 Å². The smallest absolute Gasteiger partial charge is 0.0464 e. The van der Waals surface area contributed by atoms with Crippen LogP contribution in [0.1, 0.15) is 354 Å². The fourth-order valence-corrected chi connectivity index (χ4v) is 6.90. The Kier molecular flexibility index (Phi) is 89.5. The molecule has 0 aliphatic heterocycles. The Morgan fingerprint density at radius 3 is 0.507 bits per heavy atom. The van der Waals surface area contributed by atoms with E-state index >= 15 is 0 Å². The van der Waals surface area contributed by atoms with Crippen molar-refractivity contribution in [1.82, 2.24) is 0 Å². The van der Waals surface area contributed by atoms with E-state index in [1.807, 2.05) is 0 Å². The molecule has 3 unspecified atom stereocenters. The second-order valence-electron chi connectivity index (χ2n) is 26.7. The van der Waals surface area contributed by atoms with Gasteiger partial charge in [-0.1, -0.05) is 337 Å². The lowest BCUT2D eigenvalue weighted by atomic mass is 9.98. The lowest BCUT2D eigenvalue weighted by Gasteiger charge is -2.08. The molecule has 0 spiro atoms. The summed E-state index contributed by atoms with van der Waals surface area (Å²) < 4.78 is 0. The fourth-order valence-electron chi connectivity index (χ4n) is 6.90. The van der Waals surface area contributed by atoms with E-state index < -0.39 is 0 Å². The van der Waals surface area contributed by atoms with Crippen molar-refractivity contribution in [2.24, 2.45) is 71.0 Å². The summed E-state index contributed by atoms with van der Waals surface area (Å²) in [4.78, 5) is 0. The number of rotatable bonds is 33. The molecule has 0 radical (unpaired) electrons. The fraction of sp³-hybridized carbons (Fsp3) is 0.942. The molecule has 4 heteroatoms. The van der Waals surface area contributed by atoms with Crippen molar-refractivity contribution in [3.8, 4) is 0 Å². The highest BCUT2D eigenvalue weighted by atomic mass is 32.7. The van der Waals surface area contributed by atoms with E-state index in [1.165, 1.54) is 172 Å². The topological polar surface area (TPSA) is 0 Å². The van der Waals surface area contributed by atoms with Gasteiger partial charge in [-0.3, -0.25) is 0 Å². The van der Waals surface area contributed by atoms with Gasteiger partial charge in [0.05, 0.1) is 0 Å². The standard InChI is InChI=1S/3C11H24.2C10H22.2C8H16.P2S2/c3*1-5-11(4)9-7-6-8-10(2)3;2*1-9(2)7-5-6-8-10(3)4;2*1-7(2)5-6-8(3)4;3-1-2-4/h3*10-11H,5-9H2,1-4H3;2*9-10H,5-8H2,1-4H3;2*5,8H,6H2,1-4H3;. The summed E-state index contributed by atoms with van der Waals surface area (Å²) in [7, 11) is 1.74. The molecule has 0 amide bonds. The number of unbranched alkanes of at least 4 members (excludes halogenated alkanes) is 5. The van der Waals surface area contributed by atoms with Crippen molar-refractivity contribution in [1.29, 1.82) is 0 Å². The molecular formula is C69H148P2S2. The molecule has 0 saturated carbocycles. The van der Waals surface area contributed by atoms with E-state index in [4.69, 9.17) is 0 Å².